The maximum atomic E-state index is 14.3. The molecule has 0 unspecified atom stereocenters. The molecule has 2 heterocycles. The van der Waals surface area contributed by atoms with E-state index in [0.717, 1.165) is 6.42 Å². The van der Waals surface area contributed by atoms with Crippen molar-refractivity contribution in [2.45, 2.75) is 25.9 Å². The molecular formula is C22H19ClFN3O4. The zero-order valence-electron chi connectivity index (χ0n) is 16.6. The third kappa shape index (κ3) is 4.45. The molecule has 2 N–H and O–H groups in total. The SMILES string of the molecule is Cc1onc(-c2c(F)cccc2Cl)c1C(=O)Nc1ccc(NC(=O)[C@H]2CCCO2)cc1. The van der Waals surface area contributed by atoms with E-state index in [1.165, 1.54) is 18.2 Å². The number of nitrogens with one attached hydrogen (secondary N) is 2. The van der Waals surface area contributed by atoms with Gasteiger partial charge in [-0.1, -0.05) is 22.8 Å². The van der Waals surface area contributed by atoms with Crippen molar-refractivity contribution in [2.75, 3.05) is 17.2 Å². The maximum absolute atomic E-state index is 14.3. The van der Waals surface area contributed by atoms with Gasteiger partial charge in [-0.15, -0.1) is 0 Å². The summed E-state index contributed by atoms with van der Waals surface area (Å²) in [5.74, 6) is -1.10. The van der Waals surface area contributed by atoms with Gasteiger partial charge in [0.1, 0.15) is 28.9 Å². The highest BCUT2D eigenvalue weighted by Gasteiger charge is 2.26. The Kier molecular flexibility index (Phi) is 6.01. The fraction of sp³-hybridized carbons (Fsp3) is 0.227. The molecule has 3 aromatic rings. The van der Waals surface area contributed by atoms with E-state index in [2.05, 4.69) is 15.8 Å². The minimum absolute atomic E-state index is 0.00152. The number of halogens is 2. The Balaban J connectivity index is 1.50. The second-order valence-electron chi connectivity index (χ2n) is 7.08. The molecule has 0 aliphatic carbocycles. The van der Waals surface area contributed by atoms with E-state index in [9.17, 15) is 14.0 Å². The van der Waals surface area contributed by atoms with Crippen molar-refractivity contribution in [1.29, 1.82) is 0 Å². The lowest BCUT2D eigenvalue weighted by Gasteiger charge is -2.11. The number of aromatic nitrogens is 1. The number of aryl methyl sites for hydroxylation is 1. The largest absolute Gasteiger partial charge is 0.368 e. The molecule has 0 radical (unpaired) electrons. The topological polar surface area (TPSA) is 93.5 Å². The highest BCUT2D eigenvalue weighted by molar-refractivity contribution is 6.33. The number of amides is 2. The Labute approximate surface area is 182 Å². The number of hydrogen-bond acceptors (Lipinski definition) is 5. The molecule has 1 fully saturated rings. The summed E-state index contributed by atoms with van der Waals surface area (Å²) in [4.78, 5) is 25.0. The normalized spacial score (nSPS) is 15.6. The Hall–Kier alpha value is -3.23. The van der Waals surface area contributed by atoms with Crippen LogP contribution in [0.25, 0.3) is 11.3 Å². The van der Waals surface area contributed by atoms with Crippen LogP contribution in [0.5, 0.6) is 0 Å². The van der Waals surface area contributed by atoms with Gasteiger partial charge in [-0.05, 0) is 56.2 Å². The van der Waals surface area contributed by atoms with Crippen molar-refractivity contribution in [2.24, 2.45) is 0 Å². The van der Waals surface area contributed by atoms with E-state index in [-0.39, 0.29) is 33.5 Å². The first-order valence-electron chi connectivity index (χ1n) is 9.68. The first kappa shape index (κ1) is 21.0. The number of nitrogens with zero attached hydrogens (tertiary/aromatic N) is 1. The first-order valence-corrected chi connectivity index (χ1v) is 10.1. The molecule has 7 nitrogen and oxygen atoms in total. The van der Waals surface area contributed by atoms with Gasteiger partial charge in [0.2, 0.25) is 0 Å². The summed E-state index contributed by atoms with van der Waals surface area (Å²) < 4.78 is 24.8. The van der Waals surface area contributed by atoms with Crippen LogP contribution in [-0.2, 0) is 9.53 Å². The predicted octanol–water partition coefficient (Wildman–Crippen LogP) is 4.81. The number of ether oxygens (including phenoxy) is 1. The van der Waals surface area contributed by atoms with Crippen molar-refractivity contribution in [3.8, 4) is 11.3 Å². The number of carbonyl (C=O) groups is 2. The van der Waals surface area contributed by atoms with Crippen LogP contribution < -0.4 is 10.6 Å². The number of anilines is 2. The highest BCUT2D eigenvalue weighted by atomic mass is 35.5. The number of benzene rings is 2. The summed E-state index contributed by atoms with van der Waals surface area (Å²) in [7, 11) is 0. The second-order valence-corrected chi connectivity index (χ2v) is 7.49. The Morgan fingerprint density at radius 1 is 1.13 bits per heavy atom. The van der Waals surface area contributed by atoms with Gasteiger partial charge in [-0.25, -0.2) is 4.39 Å². The lowest BCUT2D eigenvalue weighted by atomic mass is 10.0. The van der Waals surface area contributed by atoms with Gasteiger partial charge in [0, 0.05) is 18.0 Å². The van der Waals surface area contributed by atoms with Crippen LogP contribution in [-0.4, -0.2) is 29.7 Å². The molecule has 1 aliphatic heterocycles. The second kappa shape index (κ2) is 8.87. The van der Waals surface area contributed by atoms with Crippen LogP contribution in [0.3, 0.4) is 0 Å². The number of rotatable bonds is 5. The lowest BCUT2D eigenvalue weighted by molar-refractivity contribution is -0.124. The third-order valence-corrected chi connectivity index (χ3v) is 5.24. The van der Waals surface area contributed by atoms with Crippen LogP contribution in [0.15, 0.2) is 47.0 Å². The van der Waals surface area contributed by atoms with Crippen molar-refractivity contribution in [1.82, 2.24) is 5.16 Å². The number of carbonyl (C=O) groups excluding carboxylic acids is 2. The van der Waals surface area contributed by atoms with E-state index in [4.69, 9.17) is 20.9 Å². The number of hydrogen-bond donors (Lipinski definition) is 2. The van der Waals surface area contributed by atoms with Gasteiger partial charge in [0.15, 0.2) is 0 Å². The lowest BCUT2D eigenvalue weighted by Crippen LogP contribution is -2.26. The molecule has 1 atom stereocenters. The zero-order chi connectivity index (χ0) is 22.0. The molecule has 1 saturated heterocycles. The average Bonchev–Trinajstić information content (AvgIpc) is 3.40. The van der Waals surface area contributed by atoms with Crippen molar-refractivity contribution < 1.29 is 23.2 Å². The average molecular weight is 444 g/mol. The molecule has 0 bridgehead atoms. The predicted molar refractivity (Wildman–Crippen MR) is 114 cm³/mol. The van der Waals surface area contributed by atoms with Gasteiger partial charge in [-0.2, -0.15) is 0 Å². The molecule has 31 heavy (non-hydrogen) atoms. The quantitative estimate of drug-likeness (QED) is 0.590. The molecule has 4 rings (SSSR count). The Morgan fingerprint density at radius 3 is 2.48 bits per heavy atom. The maximum Gasteiger partial charge on any atom is 0.261 e. The molecule has 9 heteroatoms. The van der Waals surface area contributed by atoms with Gasteiger partial charge in [0.05, 0.1) is 10.6 Å². The van der Waals surface area contributed by atoms with E-state index < -0.39 is 17.8 Å². The van der Waals surface area contributed by atoms with E-state index in [1.807, 2.05) is 0 Å². The molecule has 2 amide bonds. The molecular weight excluding hydrogens is 425 g/mol. The van der Waals surface area contributed by atoms with Crippen LogP contribution in [0.2, 0.25) is 5.02 Å². The summed E-state index contributed by atoms with van der Waals surface area (Å²) >= 11 is 6.12. The van der Waals surface area contributed by atoms with Crippen LogP contribution >= 0.6 is 11.6 Å². The highest BCUT2D eigenvalue weighted by Crippen LogP contribution is 2.33. The molecule has 0 spiro atoms. The smallest absolute Gasteiger partial charge is 0.261 e. The van der Waals surface area contributed by atoms with Crippen molar-refractivity contribution in [3.05, 3.63) is 64.6 Å². The Morgan fingerprint density at radius 2 is 1.84 bits per heavy atom. The van der Waals surface area contributed by atoms with E-state index in [0.29, 0.717) is 24.4 Å². The van der Waals surface area contributed by atoms with E-state index >= 15 is 0 Å². The van der Waals surface area contributed by atoms with Gasteiger partial charge >= 0.3 is 0 Å². The van der Waals surface area contributed by atoms with Gasteiger partial charge in [0.25, 0.3) is 11.8 Å². The van der Waals surface area contributed by atoms with E-state index in [1.54, 1.807) is 31.2 Å². The fourth-order valence-corrected chi connectivity index (χ4v) is 3.62. The molecule has 0 saturated carbocycles. The zero-order valence-corrected chi connectivity index (χ0v) is 17.3. The standard InChI is InChI=1S/C22H19ClFN3O4/c1-12-18(20(27-31-12)19-15(23)4-2-5-16(19)24)22(29)26-14-9-7-13(8-10-14)25-21(28)17-6-3-11-30-17/h2,4-5,7-10,17H,3,6,11H2,1H3,(H,25,28)(H,26,29)/t17-/m1/s1. The minimum Gasteiger partial charge on any atom is -0.368 e. The van der Waals surface area contributed by atoms with Crippen molar-refractivity contribution in [3.63, 3.8) is 0 Å². The van der Waals surface area contributed by atoms with Gasteiger partial charge in [-0.3, -0.25) is 9.59 Å². The summed E-state index contributed by atoms with van der Waals surface area (Å²) in [5, 5.41) is 9.47. The Bertz CT molecular complexity index is 1100. The molecule has 160 valence electrons. The summed E-state index contributed by atoms with van der Waals surface area (Å²) in [5.41, 5.74) is 1.17. The monoisotopic (exact) mass is 443 g/mol. The first-order chi connectivity index (χ1) is 14.9. The van der Waals surface area contributed by atoms with Crippen LogP contribution in [0, 0.1) is 12.7 Å². The van der Waals surface area contributed by atoms with Crippen LogP contribution in [0.4, 0.5) is 15.8 Å². The molecule has 2 aromatic carbocycles. The summed E-state index contributed by atoms with van der Waals surface area (Å²) in [6.07, 6.45) is 1.14. The van der Waals surface area contributed by atoms with Gasteiger partial charge < -0.3 is 19.9 Å². The third-order valence-electron chi connectivity index (χ3n) is 4.92. The summed E-state index contributed by atoms with van der Waals surface area (Å²) in [6, 6.07) is 10.8. The molecule has 1 aliphatic rings. The van der Waals surface area contributed by atoms with Crippen molar-refractivity contribution >= 4 is 34.8 Å². The minimum atomic E-state index is -0.610. The fourth-order valence-electron chi connectivity index (χ4n) is 3.37. The summed E-state index contributed by atoms with van der Waals surface area (Å²) in [6.45, 7) is 2.15. The molecule has 1 aromatic heterocycles. The van der Waals surface area contributed by atoms with Crippen LogP contribution in [0.1, 0.15) is 29.0 Å².